The van der Waals surface area contributed by atoms with Crippen LogP contribution in [0.5, 0.6) is 0 Å². The van der Waals surface area contributed by atoms with Crippen molar-refractivity contribution in [3.8, 4) is 0 Å². The molecule has 1 aromatic heterocycles. The summed E-state index contributed by atoms with van der Waals surface area (Å²) in [5.74, 6) is 1.07. The monoisotopic (exact) mass is 511 g/mol. The van der Waals surface area contributed by atoms with Crippen LogP contribution in [0.1, 0.15) is 24.5 Å². The minimum atomic E-state index is -3.42. The number of hydrogen-bond acceptors (Lipinski definition) is 9. The summed E-state index contributed by atoms with van der Waals surface area (Å²) >= 11 is 0. The quantitative estimate of drug-likeness (QED) is 0.443. The second-order valence-electron chi connectivity index (χ2n) is 8.88. The molecule has 1 fully saturated rings. The molecule has 0 amide bonds. The molecule has 10 heteroatoms. The third-order valence-corrected chi connectivity index (χ3v) is 7.16. The van der Waals surface area contributed by atoms with Crippen molar-refractivity contribution in [3.63, 3.8) is 0 Å². The maximum Gasteiger partial charge on any atom is 0.229 e. The Morgan fingerprint density at radius 1 is 1.14 bits per heavy atom. The lowest BCUT2D eigenvalue weighted by molar-refractivity contribution is 0.122. The Balaban J connectivity index is 1.68. The Bertz CT molecular complexity index is 1310. The molecule has 192 valence electrons. The standard InChI is InChI=1S/C26H33N5O4S/c1-4-9-31(24-14-20(18-32)6-5-19(24)2)25-7-8-27-26(29-25)28-21-15-22(30-10-12-35-13-11-30)17-23(16-21)36(3,33)34/h5-8,14-17,32H,4,9-13,18H2,1-3H3,(H,27,28,29). The van der Waals surface area contributed by atoms with Gasteiger partial charge in [-0.1, -0.05) is 19.1 Å². The van der Waals surface area contributed by atoms with Gasteiger partial charge in [-0.2, -0.15) is 4.98 Å². The number of hydrogen-bond donors (Lipinski definition) is 2. The smallest absolute Gasteiger partial charge is 0.229 e. The van der Waals surface area contributed by atoms with Crippen molar-refractivity contribution < 1.29 is 18.3 Å². The van der Waals surface area contributed by atoms with E-state index in [9.17, 15) is 13.5 Å². The molecule has 1 aliphatic rings. The maximum absolute atomic E-state index is 12.4. The highest BCUT2D eigenvalue weighted by molar-refractivity contribution is 7.90. The van der Waals surface area contributed by atoms with Crippen LogP contribution in [0.15, 0.2) is 53.6 Å². The molecule has 2 N–H and O–H groups in total. The number of aliphatic hydroxyl groups excluding tert-OH is 1. The second kappa shape index (κ2) is 11.2. The Morgan fingerprint density at radius 3 is 2.61 bits per heavy atom. The predicted octanol–water partition coefficient (Wildman–Crippen LogP) is 3.81. The van der Waals surface area contributed by atoms with Gasteiger partial charge in [-0.3, -0.25) is 0 Å². The molecule has 0 atom stereocenters. The molecule has 0 spiro atoms. The van der Waals surface area contributed by atoms with Gasteiger partial charge >= 0.3 is 0 Å². The number of morpholine rings is 1. The molecular formula is C26H33N5O4S. The van der Waals surface area contributed by atoms with E-state index in [1.807, 2.05) is 37.3 Å². The highest BCUT2D eigenvalue weighted by Crippen LogP contribution is 2.31. The fourth-order valence-electron chi connectivity index (χ4n) is 4.19. The average Bonchev–Trinajstić information content (AvgIpc) is 2.88. The van der Waals surface area contributed by atoms with Crippen molar-refractivity contribution in [2.45, 2.75) is 31.8 Å². The van der Waals surface area contributed by atoms with Crippen LogP contribution < -0.4 is 15.1 Å². The summed E-state index contributed by atoms with van der Waals surface area (Å²) in [6.45, 7) is 7.41. The maximum atomic E-state index is 12.4. The second-order valence-corrected chi connectivity index (χ2v) is 10.9. The van der Waals surface area contributed by atoms with Crippen molar-refractivity contribution in [2.75, 3.05) is 54.2 Å². The number of aromatic nitrogens is 2. The van der Waals surface area contributed by atoms with Gasteiger partial charge in [0.1, 0.15) is 5.82 Å². The molecule has 0 unspecified atom stereocenters. The molecule has 9 nitrogen and oxygen atoms in total. The van der Waals surface area contributed by atoms with Gasteiger partial charge in [0.25, 0.3) is 0 Å². The van der Waals surface area contributed by atoms with E-state index in [-0.39, 0.29) is 11.5 Å². The van der Waals surface area contributed by atoms with Crippen LogP contribution in [0.2, 0.25) is 0 Å². The van der Waals surface area contributed by atoms with E-state index in [0.29, 0.717) is 43.8 Å². The van der Waals surface area contributed by atoms with Gasteiger partial charge in [0.05, 0.1) is 24.7 Å². The van der Waals surface area contributed by atoms with Crippen molar-refractivity contribution in [3.05, 3.63) is 59.8 Å². The molecule has 0 saturated carbocycles. The summed E-state index contributed by atoms with van der Waals surface area (Å²) in [5.41, 5.74) is 4.28. The molecule has 1 saturated heterocycles. The molecular weight excluding hydrogens is 478 g/mol. The summed E-state index contributed by atoms with van der Waals surface area (Å²) in [6.07, 6.45) is 3.79. The number of nitrogens with zero attached hydrogens (tertiary/aromatic N) is 4. The number of benzene rings is 2. The Morgan fingerprint density at radius 2 is 1.92 bits per heavy atom. The molecule has 2 heterocycles. The van der Waals surface area contributed by atoms with Crippen LogP contribution in [0.4, 0.5) is 28.8 Å². The fraction of sp³-hybridized carbons (Fsp3) is 0.385. The average molecular weight is 512 g/mol. The number of rotatable bonds is 9. The van der Waals surface area contributed by atoms with E-state index >= 15 is 0 Å². The van der Waals surface area contributed by atoms with Crippen LogP contribution in [0.25, 0.3) is 0 Å². The molecule has 0 aliphatic carbocycles. The van der Waals surface area contributed by atoms with Gasteiger partial charge in [-0.05, 0) is 54.8 Å². The molecule has 1 aliphatic heterocycles. The molecule has 36 heavy (non-hydrogen) atoms. The van der Waals surface area contributed by atoms with Crippen LogP contribution in [0.3, 0.4) is 0 Å². The zero-order valence-electron chi connectivity index (χ0n) is 20.9. The van der Waals surface area contributed by atoms with Crippen LogP contribution in [-0.2, 0) is 21.2 Å². The van der Waals surface area contributed by atoms with Crippen LogP contribution in [0, 0.1) is 6.92 Å². The van der Waals surface area contributed by atoms with E-state index in [1.54, 1.807) is 18.3 Å². The highest BCUT2D eigenvalue weighted by atomic mass is 32.2. The van der Waals surface area contributed by atoms with E-state index in [1.165, 1.54) is 6.26 Å². The van der Waals surface area contributed by atoms with E-state index in [4.69, 9.17) is 9.72 Å². The summed E-state index contributed by atoms with van der Waals surface area (Å²) in [6, 6.07) is 12.9. The summed E-state index contributed by atoms with van der Waals surface area (Å²) < 4.78 is 30.2. The summed E-state index contributed by atoms with van der Waals surface area (Å²) in [5, 5.41) is 12.8. The number of aryl methyl sites for hydroxylation is 1. The first-order valence-electron chi connectivity index (χ1n) is 12.0. The SMILES string of the molecule is CCCN(c1ccnc(Nc2cc(N3CCOCC3)cc(S(C)(=O)=O)c2)n1)c1cc(CO)ccc1C. The lowest BCUT2D eigenvalue weighted by atomic mass is 10.1. The van der Waals surface area contributed by atoms with Crippen molar-refractivity contribution in [1.82, 2.24) is 9.97 Å². The number of anilines is 5. The first kappa shape index (κ1) is 25.9. The molecule has 2 aromatic carbocycles. The van der Waals surface area contributed by atoms with Gasteiger partial charge in [-0.25, -0.2) is 13.4 Å². The van der Waals surface area contributed by atoms with Crippen LogP contribution in [-0.4, -0.2) is 62.6 Å². The summed E-state index contributed by atoms with van der Waals surface area (Å²) in [7, 11) is -3.42. The molecule has 0 radical (unpaired) electrons. The Kier molecular flexibility index (Phi) is 8.07. The van der Waals surface area contributed by atoms with E-state index < -0.39 is 9.84 Å². The lowest BCUT2D eigenvalue weighted by Crippen LogP contribution is -2.36. The summed E-state index contributed by atoms with van der Waals surface area (Å²) in [4.78, 5) is 13.6. The van der Waals surface area contributed by atoms with Crippen molar-refractivity contribution in [1.29, 1.82) is 0 Å². The van der Waals surface area contributed by atoms with Crippen molar-refractivity contribution >= 4 is 38.7 Å². The number of ether oxygens (including phenoxy) is 1. The first-order chi connectivity index (χ1) is 17.3. The largest absolute Gasteiger partial charge is 0.392 e. The molecule has 4 rings (SSSR count). The zero-order valence-corrected chi connectivity index (χ0v) is 21.8. The normalized spacial score (nSPS) is 14.1. The number of nitrogens with one attached hydrogen (secondary N) is 1. The van der Waals surface area contributed by atoms with Crippen molar-refractivity contribution in [2.24, 2.45) is 0 Å². The van der Waals surface area contributed by atoms with E-state index in [0.717, 1.165) is 35.5 Å². The number of sulfone groups is 1. The minimum absolute atomic E-state index is 0.0357. The topological polar surface area (TPSA) is 108 Å². The highest BCUT2D eigenvalue weighted by Gasteiger charge is 2.18. The van der Waals surface area contributed by atoms with E-state index in [2.05, 4.69) is 27.0 Å². The van der Waals surface area contributed by atoms with Gasteiger partial charge < -0.3 is 25.0 Å². The third-order valence-electron chi connectivity index (χ3n) is 6.06. The lowest BCUT2D eigenvalue weighted by Gasteiger charge is -2.29. The minimum Gasteiger partial charge on any atom is -0.392 e. The van der Waals surface area contributed by atoms with Gasteiger partial charge in [-0.15, -0.1) is 0 Å². The van der Waals surface area contributed by atoms with Gasteiger partial charge in [0.15, 0.2) is 9.84 Å². The fourth-order valence-corrected chi connectivity index (χ4v) is 4.86. The molecule has 0 bridgehead atoms. The first-order valence-corrected chi connectivity index (χ1v) is 13.9. The Labute approximate surface area is 212 Å². The number of aliphatic hydroxyl groups is 1. The van der Waals surface area contributed by atoms with Crippen LogP contribution >= 0.6 is 0 Å². The third kappa shape index (κ3) is 6.13. The molecule has 3 aromatic rings. The Hall–Kier alpha value is -3.21. The van der Waals surface area contributed by atoms with Gasteiger partial charge in [0.2, 0.25) is 5.95 Å². The zero-order chi connectivity index (χ0) is 25.7. The van der Waals surface area contributed by atoms with Gasteiger partial charge in [0, 0.05) is 49.1 Å². The predicted molar refractivity (Wildman–Crippen MR) is 142 cm³/mol.